The molecule has 0 saturated heterocycles. The highest BCUT2D eigenvalue weighted by Crippen LogP contribution is 2.06. The van der Waals surface area contributed by atoms with Gasteiger partial charge in [-0.25, -0.2) is 9.37 Å². The number of nitrogens with one attached hydrogen (secondary N) is 2. The third kappa shape index (κ3) is 3.16. The van der Waals surface area contributed by atoms with Gasteiger partial charge in [0, 0.05) is 19.0 Å². The van der Waals surface area contributed by atoms with E-state index in [2.05, 4.69) is 15.3 Å². The van der Waals surface area contributed by atoms with Crippen LogP contribution in [0.5, 0.6) is 0 Å². The Bertz CT molecular complexity index is 595. The van der Waals surface area contributed by atoms with Gasteiger partial charge in [0.25, 0.3) is 5.56 Å². The average Bonchev–Trinajstić information content (AvgIpc) is 2.36. The fraction of sp³-hybridized carbons (Fsp3) is 0.231. The van der Waals surface area contributed by atoms with Crippen molar-refractivity contribution >= 4 is 5.82 Å². The van der Waals surface area contributed by atoms with Gasteiger partial charge in [-0.3, -0.25) is 4.79 Å². The molecule has 2 N–H and O–H groups in total. The highest BCUT2D eigenvalue weighted by atomic mass is 19.1. The summed E-state index contributed by atoms with van der Waals surface area (Å²) in [6, 6.07) is 7.68. The van der Waals surface area contributed by atoms with Crippen LogP contribution >= 0.6 is 0 Å². The molecule has 1 aromatic heterocycles. The topological polar surface area (TPSA) is 57.8 Å². The van der Waals surface area contributed by atoms with Crippen LogP contribution in [-0.2, 0) is 13.0 Å². The molecule has 2 rings (SSSR count). The first-order chi connectivity index (χ1) is 8.67. The number of aromatic amines is 1. The molecule has 0 bridgehead atoms. The summed E-state index contributed by atoms with van der Waals surface area (Å²) in [5.41, 5.74) is 0.610. The predicted molar refractivity (Wildman–Crippen MR) is 68.0 cm³/mol. The molecule has 0 spiro atoms. The van der Waals surface area contributed by atoms with E-state index >= 15 is 0 Å². The van der Waals surface area contributed by atoms with E-state index in [1.807, 2.05) is 13.0 Å². The zero-order valence-corrected chi connectivity index (χ0v) is 10.0. The first-order valence-corrected chi connectivity index (χ1v) is 5.76. The Hall–Kier alpha value is -2.17. The Kier molecular flexibility index (Phi) is 3.72. The van der Waals surface area contributed by atoms with Crippen molar-refractivity contribution in [3.05, 3.63) is 57.9 Å². The van der Waals surface area contributed by atoms with Crippen LogP contribution < -0.4 is 10.9 Å². The van der Waals surface area contributed by atoms with Crippen molar-refractivity contribution in [2.75, 3.05) is 5.32 Å². The standard InChI is InChI=1S/C13H14FN3O/c1-2-11-16-12(7-13(18)17-11)15-8-9-4-3-5-10(14)6-9/h3-7H,2,8H2,1H3,(H2,15,16,17,18). The second-order valence-corrected chi connectivity index (χ2v) is 3.91. The molecule has 0 atom stereocenters. The number of nitrogens with zero attached hydrogens (tertiary/aromatic N) is 1. The largest absolute Gasteiger partial charge is 0.366 e. The van der Waals surface area contributed by atoms with Gasteiger partial charge < -0.3 is 10.3 Å². The monoisotopic (exact) mass is 247 g/mol. The number of rotatable bonds is 4. The Balaban J connectivity index is 2.10. The van der Waals surface area contributed by atoms with Gasteiger partial charge in [-0.1, -0.05) is 19.1 Å². The minimum absolute atomic E-state index is 0.191. The molecule has 5 heteroatoms. The van der Waals surface area contributed by atoms with Crippen LogP contribution in [0.15, 0.2) is 35.1 Å². The molecule has 0 unspecified atom stereocenters. The van der Waals surface area contributed by atoms with E-state index in [0.717, 1.165) is 5.56 Å². The lowest BCUT2D eigenvalue weighted by Crippen LogP contribution is -2.13. The maximum Gasteiger partial charge on any atom is 0.252 e. The van der Waals surface area contributed by atoms with Gasteiger partial charge in [0.2, 0.25) is 0 Å². The van der Waals surface area contributed by atoms with Crippen LogP contribution in [0.2, 0.25) is 0 Å². The maximum absolute atomic E-state index is 13.0. The molecule has 0 saturated carbocycles. The summed E-state index contributed by atoms with van der Waals surface area (Å²) >= 11 is 0. The molecule has 2 aromatic rings. The number of halogens is 1. The quantitative estimate of drug-likeness (QED) is 0.869. The summed E-state index contributed by atoms with van der Waals surface area (Å²) in [6.07, 6.45) is 0.657. The second-order valence-electron chi connectivity index (χ2n) is 3.91. The Morgan fingerprint density at radius 2 is 2.22 bits per heavy atom. The molecule has 0 aliphatic carbocycles. The van der Waals surface area contributed by atoms with Gasteiger partial charge in [-0.2, -0.15) is 0 Å². The average molecular weight is 247 g/mol. The smallest absolute Gasteiger partial charge is 0.252 e. The molecule has 1 heterocycles. The number of H-pyrrole nitrogens is 1. The highest BCUT2D eigenvalue weighted by molar-refractivity contribution is 5.34. The van der Waals surface area contributed by atoms with Crippen molar-refractivity contribution in [2.24, 2.45) is 0 Å². The molecule has 0 amide bonds. The first kappa shape index (κ1) is 12.3. The van der Waals surface area contributed by atoms with Crippen LogP contribution in [0.3, 0.4) is 0 Å². The molecule has 4 nitrogen and oxygen atoms in total. The van der Waals surface area contributed by atoms with Crippen molar-refractivity contribution in [3.8, 4) is 0 Å². The number of aromatic nitrogens is 2. The van der Waals surface area contributed by atoms with Gasteiger partial charge in [0.05, 0.1) is 0 Å². The molecule has 0 aliphatic heterocycles. The van der Waals surface area contributed by atoms with E-state index in [1.165, 1.54) is 18.2 Å². The van der Waals surface area contributed by atoms with Gasteiger partial charge >= 0.3 is 0 Å². The zero-order chi connectivity index (χ0) is 13.0. The van der Waals surface area contributed by atoms with Crippen LogP contribution in [0.1, 0.15) is 18.3 Å². The lowest BCUT2D eigenvalue weighted by Gasteiger charge is -2.06. The molecule has 0 radical (unpaired) electrons. The number of hydrogen-bond donors (Lipinski definition) is 2. The van der Waals surface area contributed by atoms with Gasteiger partial charge in [0.1, 0.15) is 17.5 Å². The minimum Gasteiger partial charge on any atom is -0.366 e. The van der Waals surface area contributed by atoms with Crippen molar-refractivity contribution in [2.45, 2.75) is 19.9 Å². The van der Waals surface area contributed by atoms with E-state index in [4.69, 9.17) is 0 Å². The summed E-state index contributed by atoms with van der Waals surface area (Å²) in [7, 11) is 0. The van der Waals surface area contributed by atoms with Crippen LogP contribution in [0.4, 0.5) is 10.2 Å². The van der Waals surface area contributed by atoms with E-state index in [1.54, 1.807) is 6.07 Å². The first-order valence-electron chi connectivity index (χ1n) is 5.76. The maximum atomic E-state index is 13.0. The van der Waals surface area contributed by atoms with E-state index in [9.17, 15) is 9.18 Å². The summed E-state index contributed by atoms with van der Waals surface area (Å²) in [6.45, 7) is 2.34. The SMILES string of the molecule is CCc1nc(NCc2cccc(F)c2)cc(=O)[nH]1. The Morgan fingerprint density at radius 1 is 1.39 bits per heavy atom. The second kappa shape index (κ2) is 5.44. The minimum atomic E-state index is -0.276. The third-order valence-electron chi connectivity index (χ3n) is 2.49. The van der Waals surface area contributed by atoms with Crippen LogP contribution in [0, 0.1) is 5.82 Å². The molecule has 1 aromatic carbocycles. The number of aryl methyl sites for hydroxylation is 1. The molecule has 18 heavy (non-hydrogen) atoms. The van der Waals surface area contributed by atoms with Crippen LogP contribution in [0.25, 0.3) is 0 Å². The molecule has 94 valence electrons. The van der Waals surface area contributed by atoms with Gasteiger partial charge in [0.15, 0.2) is 0 Å². The fourth-order valence-corrected chi connectivity index (χ4v) is 1.61. The fourth-order valence-electron chi connectivity index (χ4n) is 1.61. The van der Waals surface area contributed by atoms with E-state index < -0.39 is 0 Å². The third-order valence-corrected chi connectivity index (χ3v) is 2.49. The number of hydrogen-bond acceptors (Lipinski definition) is 3. The molecule has 0 fully saturated rings. The normalized spacial score (nSPS) is 10.3. The van der Waals surface area contributed by atoms with Crippen molar-refractivity contribution in [1.29, 1.82) is 0 Å². The highest BCUT2D eigenvalue weighted by Gasteiger charge is 2.00. The van der Waals surface area contributed by atoms with Crippen molar-refractivity contribution in [1.82, 2.24) is 9.97 Å². The Morgan fingerprint density at radius 3 is 2.94 bits per heavy atom. The molecular weight excluding hydrogens is 233 g/mol. The summed E-state index contributed by atoms with van der Waals surface area (Å²) < 4.78 is 13.0. The number of anilines is 1. The Labute approximate surface area is 104 Å². The van der Waals surface area contributed by atoms with E-state index in [0.29, 0.717) is 24.6 Å². The molecule has 0 aliphatic rings. The van der Waals surface area contributed by atoms with E-state index in [-0.39, 0.29) is 11.4 Å². The summed E-state index contributed by atoms with van der Waals surface area (Å²) in [5.74, 6) is 0.853. The van der Waals surface area contributed by atoms with Crippen LogP contribution in [-0.4, -0.2) is 9.97 Å². The van der Waals surface area contributed by atoms with Gasteiger partial charge in [-0.15, -0.1) is 0 Å². The predicted octanol–water partition coefficient (Wildman–Crippen LogP) is 2.08. The van der Waals surface area contributed by atoms with Gasteiger partial charge in [-0.05, 0) is 17.7 Å². The zero-order valence-electron chi connectivity index (χ0n) is 10.0. The summed E-state index contributed by atoms with van der Waals surface area (Å²) in [5, 5.41) is 3.01. The lowest BCUT2D eigenvalue weighted by atomic mass is 10.2. The lowest BCUT2D eigenvalue weighted by molar-refractivity contribution is 0.626. The van der Waals surface area contributed by atoms with Crippen molar-refractivity contribution in [3.63, 3.8) is 0 Å². The summed E-state index contributed by atoms with van der Waals surface area (Å²) in [4.78, 5) is 18.2. The molecular formula is C13H14FN3O. The number of benzene rings is 1. The van der Waals surface area contributed by atoms with Crippen molar-refractivity contribution < 1.29 is 4.39 Å².